The summed E-state index contributed by atoms with van der Waals surface area (Å²) in [7, 11) is 1.77. The molecule has 0 bridgehead atoms. The van der Waals surface area contributed by atoms with E-state index in [-0.39, 0.29) is 46.6 Å². The number of halogens is 1. The molecule has 5 rings (SSSR count). The minimum absolute atomic E-state index is 0.00812. The number of nitrogens with two attached hydrogens (primary N) is 1. The van der Waals surface area contributed by atoms with E-state index in [1.54, 1.807) is 48.2 Å². The van der Waals surface area contributed by atoms with E-state index < -0.39 is 11.9 Å². The summed E-state index contributed by atoms with van der Waals surface area (Å²) in [5.41, 5.74) is 10.1. The Labute approximate surface area is 262 Å². The lowest BCUT2D eigenvalue weighted by Gasteiger charge is -2.48. The summed E-state index contributed by atoms with van der Waals surface area (Å²) in [4.78, 5) is 27.4. The molecule has 0 spiro atoms. The first-order valence-corrected chi connectivity index (χ1v) is 14.9. The standard InChI is InChI=1S/C33H40FN9O2/c1-7-24(45)42-16-21-11-13-41(6)31-26(32(37)43(21)15-19(42)4)33(39-28-18(3)10-12-38-29(28)20(5)44)40-30(27(31)34)25-17(2)8-9-23(36)22(25)14-35/h7-10,12,14,19-21,35,37,44H,1,11,13,15-16,36H2,2-6H3,(H,39,40). The summed E-state index contributed by atoms with van der Waals surface area (Å²) < 4.78 is 17.0. The molecule has 2 aromatic heterocycles. The average Bonchev–Trinajstić information content (AvgIpc) is 3.01. The van der Waals surface area contributed by atoms with Crippen molar-refractivity contribution in [3.63, 3.8) is 0 Å². The molecule has 3 atom stereocenters. The van der Waals surface area contributed by atoms with Crippen molar-refractivity contribution in [2.75, 3.05) is 42.6 Å². The van der Waals surface area contributed by atoms with Crippen molar-refractivity contribution in [1.29, 1.82) is 10.8 Å². The zero-order valence-electron chi connectivity index (χ0n) is 26.3. The second-order valence-electron chi connectivity index (χ2n) is 11.8. The average molecular weight is 614 g/mol. The van der Waals surface area contributed by atoms with Gasteiger partial charge in [0, 0.05) is 68.0 Å². The Morgan fingerprint density at radius 3 is 2.64 bits per heavy atom. The molecule has 45 heavy (non-hydrogen) atoms. The van der Waals surface area contributed by atoms with Crippen molar-refractivity contribution in [1.82, 2.24) is 19.8 Å². The molecule has 0 aliphatic carbocycles. The fraction of sp³-hybridized carbons (Fsp3) is 0.364. The number of anilines is 4. The van der Waals surface area contributed by atoms with Crippen LogP contribution in [0.15, 0.2) is 37.1 Å². The quantitative estimate of drug-likeness (QED) is 0.154. The van der Waals surface area contributed by atoms with E-state index in [1.807, 2.05) is 25.7 Å². The molecule has 4 heterocycles. The number of aryl methyl sites for hydroxylation is 2. The molecule has 236 valence electrons. The number of carbonyl (C=O) groups excluding carboxylic acids is 1. The van der Waals surface area contributed by atoms with Crippen LogP contribution in [-0.2, 0) is 4.79 Å². The number of hydrogen-bond donors (Lipinski definition) is 5. The van der Waals surface area contributed by atoms with Crippen LogP contribution < -0.4 is 16.0 Å². The number of aromatic nitrogens is 2. The Bertz CT molecular complexity index is 1710. The molecule has 6 N–H and O–H groups in total. The molecular weight excluding hydrogens is 573 g/mol. The van der Waals surface area contributed by atoms with Crippen LogP contribution in [-0.4, -0.2) is 81.6 Å². The van der Waals surface area contributed by atoms with Gasteiger partial charge in [-0.1, -0.05) is 12.6 Å². The summed E-state index contributed by atoms with van der Waals surface area (Å²) in [5, 5.41) is 31.6. The van der Waals surface area contributed by atoms with Gasteiger partial charge in [0.1, 0.15) is 17.3 Å². The maximum atomic E-state index is 17.0. The van der Waals surface area contributed by atoms with Gasteiger partial charge in [0.2, 0.25) is 5.91 Å². The van der Waals surface area contributed by atoms with Gasteiger partial charge < -0.3 is 36.3 Å². The van der Waals surface area contributed by atoms with Crippen molar-refractivity contribution in [2.45, 2.75) is 52.3 Å². The highest BCUT2D eigenvalue weighted by molar-refractivity contribution is 6.08. The molecule has 1 aromatic carbocycles. The molecule has 11 nitrogen and oxygen atoms in total. The molecule has 0 saturated carbocycles. The van der Waals surface area contributed by atoms with Gasteiger partial charge in [0.15, 0.2) is 5.82 Å². The van der Waals surface area contributed by atoms with Crippen molar-refractivity contribution in [3.05, 3.63) is 70.8 Å². The lowest BCUT2D eigenvalue weighted by Crippen LogP contribution is -2.61. The number of pyridine rings is 2. The van der Waals surface area contributed by atoms with Crippen LogP contribution in [0.4, 0.5) is 27.3 Å². The third kappa shape index (κ3) is 5.50. The lowest BCUT2D eigenvalue weighted by molar-refractivity contribution is -0.131. The van der Waals surface area contributed by atoms with Gasteiger partial charge in [0.05, 0.1) is 28.7 Å². The van der Waals surface area contributed by atoms with Crippen LogP contribution in [0.25, 0.3) is 11.3 Å². The summed E-state index contributed by atoms with van der Waals surface area (Å²) in [6.07, 6.45) is 3.66. The van der Waals surface area contributed by atoms with Gasteiger partial charge >= 0.3 is 0 Å². The van der Waals surface area contributed by atoms with Crippen molar-refractivity contribution >= 4 is 40.8 Å². The van der Waals surface area contributed by atoms with Crippen LogP contribution >= 0.6 is 0 Å². The Kier molecular flexibility index (Phi) is 8.61. The van der Waals surface area contributed by atoms with Gasteiger partial charge in [-0.05, 0) is 63.5 Å². The number of benzene rings is 1. The van der Waals surface area contributed by atoms with E-state index in [0.29, 0.717) is 59.8 Å². The minimum Gasteiger partial charge on any atom is -0.398 e. The molecule has 1 saturated heterocycles. The van der Waals surface area contributed by atoms with E-state index in [9.17, 15) is 15.3 Å². The van der Waals surface area contributed by atoms with E-state index >= 15 is 4.39 Å². The smallest absolute Gasteiger partial charge is 0.246 e. The highest BCUT2D eigenvalue weighted by Gasteiger charge is 2.40. The topological polar surface area (TPSA) is 159 Å². The number of aliphatic hydroxyl groups is 1. The largest absolute Gasteiger partial charge is 0.398 e. The van der Waals surface area contributed by atoms with Crippen molar-refractivity contribution < 1.29 is 14.3 Å². The van der Waals surface area contributed by atoms with E-state index in [1.165, 1.54) is 6.08 Å². The Morgan fingerprint density at radius 2 is 1.98 bits per heavy atom. The van der Waals surface area contributed by atoms with Crippen LogP contribution in [0.2, 0.25) is 0 Å². The number of nitrogens with one attached hydrogen (secondary N) is 3. The Morgan fingerprint density at radius 1 is 1.24 bits per heavy atom. The number of rotatable bonds is 6. The Hall–Kier alpha value is -4.84. The van der Waals surface area contributed by atoms with Gasteiger partial charge in [-0.15, -0.1) is 0 Å². The molecule has 0 radical (unpaired) electrons. The van der Waals surface area contributed by atoms with Crippen LogP contribution in [0.5, 0.6) is 0 Å². The predicted molar refractivity (Wildman–Crippen MR) is 176 cm³/mol. The highest BCUT2D eigenvalue weighted by atomic mass is 19.1. The van der Waals surface area contributed by atoms with E-state index in [4.69, 9.17) is 16.1 Å². The number of hydrogen-bond acceptors (Lipinski definition) is 9. The number of aliphatic hydroxyl groups excluding tert-OH is 1. The second-order valence-corrected chi connectivity index (χ2v) is 11.8. The summed E-state index contributed by atoms with van der Waals surface area (Å²) >= 11 is 0. The van der Waals surface area contributed by atoms with Crippen LogP contribution in [0, 0.1) is 30.5 Å². The summed E-state index contributed by atoms with van der Waals surface area (Å²) in [6, 6.07) is 4.83. The minimum atomic E-state index is -0.919. The SMILES string of the molecule is C=CC(=O)N1CC2CCN(C)c3c(F)c(-c4c(C)ccc(N)c4C=N)nc(Nc4c(C)ccnc4C(C)O)c3C(=N)N2CC1C. The zero-order chi connectivity index (χ0) is 32.7. The second kappa shape index (κ2) is 12.3. The van der Waals surface area contributed by atoms with Crippen LogP contribution in [0.1, 0.15) is 54.3 Å². The van der Waals surface area contributed by atoms with Gasteiger partial charge in [-0.3, -0.25) is 15.2 Å². The predicted octanol–water partition coefficient (Wildman–Crippen LogP) is 4.53. The van der Waals surface area contributed by atoms with Crippen molar-refractivity contribution in [2.24, 2.45) is 0 Å². The van der Waals surface area contributed by atoms with Crippen LogP contribution in [0.3, 0.4) is 0 Å². The molecule has 3 aromatic rings. The van der Waals surface area contributed by atoms with E-state index in [0.717, 1.165) is 11.8 Å². The summed E-state index contributed by atoms with van der Waals surface area (Å²) in [5.74, 6) is -0.533. The fourth-order valence-corrected chi connectivity index (χ4v) is 6.36. The molecule has 12 heteroatoms. The third-order valence-corrected chi connectivity index (χ3v) is 8.81. The number of fused-ring (bicyclic) bond motifs is 2. The Balaban J connectivity index is 1.79. The first-order chi connectivity index (χ1) is 21.4. The number of piperazine rings is 1. The number of amidine groups is 1. The van der Waals surface area contributed by atoms with E-state index in [2.05, 4.69) is 16.9 Å². The first-order valence-electron chi connectivity index (χ1n) is 14.9. The number of carbonyl (C=O) groups is 1. The molecule has 1 amide bonds. The third-order valence-electron chi connectivity index (χ3n) is 8.81. The van der Waals surface area contributed by atoms with Gasteiger partial charge in [0.25, 0.3) is 0 Å². The maximum absolute atomic E-state index is 17.0. The number of nitrogens with zero attached hydrogens (tertiary/aromatic N) is 5. The number of nitrogen functional groups attached to an aromatic ring is 1. The van der Waals surface area contributed by atoms with Gasteiger partial charge in [-0.2, -0.15) is 0 Å². The molecule has 2 aliphatic rings. The monoisotopic (exact) mass is 613 g/mol. The molecule has 1 fully saturated rings. The maximum Gasteiger partial charge on any atom is 0.246 e. The molecule has 2 aliphatic heterocycles. The molecular formula is C33H40FN9O2. The molecule has 3 unspecified atom stereocenters. The highest BCUT2D eigenvalue weighted by Crippen LogP contribution is 2.42. The van der Waals surface area contributed by atoms with Gasteiger partial charge in [-0.25, -0.2) is 9.37 Å². The normalized spacial score (nSPS) is 18.8. The number of amides is 1. The fourth-order valence-electron chi connectivity index (χ4n) is 6.36. The summed E-state index contributed by atoms with van der Waals surface area (Å²) in [6.45, 7) is 12.1. The zero-order valence-corrected chi connectivity index (χ0v) is 26.3. The first kappa shape index (κ1) is 31.6. The lowest BCUT2D eigenvalue weighted by atomic mass is 9.94. The van der Waals surface area contributed by atoms with Crippen molar-refractivity contribution in [3.8, 4) is 11.3 Å².